The molecule has 1 saturated heterocycles. The highest BCUT2D eigenvalue weighted by Crippen LogP contribution is 2.33. The molecule has 3 rings (SSSR count). The van der Waals surface area contributed by atoms with Crippen molar-refractivity contribution in [1.29, 1.82) is 0 Å². The average molecular weight is 531 g/mol. The molecule has 1 fully saturated rings. The lowest BCUT2D eigenvalue weighted by molar-refractivity contribution is 0.0555. The highest BCUT2D eigenvalue weighted by molar-refractivity contribution is 7.17. The minimum Gasteiger partial charge on any atom is -0.496 e. The Balaban J connectivity index is 1.60. The molecule has 9 nitrogen and oxygen atoms in total. The van der Waals surface area contributed by atoms with Gasteiger partial charge in [-0.3, -0.25) is 9.59 Å². The molecule has 1 N–H and O–H groups in total. The molecule has 3 amide bonds. The number of methoxy groups -OCH3 is 1. The summed E-state index contributed by atoms with van der Waals surface area (Å²) in [5, 5.41) is 2.96. The Morgan fingerprint density at radius 1 is 1.03 bits per heavy atom. The Kier molecular flexibility index (Phi) is 10.8. The maximum atomic E-state index is 13.2. The van der Waals surface area contributed by atoms with Crippen LogP contribution in [0.4, 0.5) is 4.79 Å². The van der Waals surface area contributed by atoms with Gasteiger partial charge in [0, 0.05) is 37.6 Å². The van der Waals surface area contributed by atoms with Gasteiger partial charge in [-0.1, -0.05) is 19.4 Å². The largest absolute Gasteiger partial charge is 0.496 e. The summed E-state index contributed by atoms with van der Waals surface area (Å²) >= 11 is 1.41. The highest BCUT2D eigenvalue weighted by atomic mass is 32.1. The van der Waals surface area contributed by atoms with Crippen molar-refractivity contribution in [2.75, 3.05) is 67.1 Å². The van der Waals surface area contributed by atoms with Crippen molar-refractivity contribution in [3.63, 3.8) is 0 Å². The molecule has 37 heavy (non-hydrogen) atoms. The lowest BCUT2D eigenvalue weighted by Crippen LogP contribution is -2.50. The molecule has 1 aliphatic rings. The van der Waals surface area contributed by atoms with E-state index >= 15 is 0 Å². The van der Waals surface area contributed by atoms with E-state index in [2.05, 4.69) is 10.2 Å². The number of benzene rings is 1. The van der Waals surface area contributed by atoms with Crippen LogP contribution in [0.2, 0.25) is 0 Å². The van der Waals surface area contributed by atoms with E-state index in [0.717, 1.165) is 36.2 Å². The van der Waals surface area contributed by atoms with Crippen LogP contribution in [0.5, 0.6) is 5.75 Å². The normalized spacial score (nSPS) is 13.5. The van der Waals surface area contributed by atoms with Gasteiger partial charge in [-0.25, -0.2) is 4.79 Å². The second kappa shape index (κ2) is 14.0. The summed E-state index contributed by atoms with van der Waals surface area (Å²) < 4.78 is 10.8. The van der Waals surface area contributed by atoms with Crippen LogP contribution < -0.4 is 10.1 Å². The maximum absolute atomic E-state index is 13.2. The fraction of sp³-hybridized carbons (Fsp3) is 0.519. The topological polar surface area (TPSA) is 91.4 Å². The number of carbonyl (C=O) groups is 3. The minimum absolute atomic E-state index is 0.0813. The Labute approximate surface area is 223 Å². The lowest BCUT2D eigenvalue weighted by atomic mass is 10.1. The van der Waals surface area contributed by atoms with Crippen LogP contribution >= 0.6 is 11.3 Å². The van der Waals surface area contributed by atoms with Crippen LogP contribution in [0.1, 0.15) is 46.2 Å². The number of unbranched alkanes of at least 4 members (excludes halogenated alkanes) is 1. The maximum Gasteiger partial charge on any atom is 0.409 e. The van der Waals surface area contributed by atoms with E-state index < -0.39 is 0 Å². The monoisotopic (exact) mass is 530 g/mol. The Morgan fingerprint density at radius 3 is 2.43 bits per heavy atom. The summed E-state index contributed by atoms with van der Waals surface area (Å²) in [6.07, 6.45) is 2.38. The van der Waals surface area contributed by atoms with Crippen molar-refractivity contribution in [3.05, 3.63) is 40.8 Å². The molecule has 2 heterocycles. The van der Waals surface area contributed by atoms with Crippen LogP contribution in [0.3, 0.4) is 0 Å². The van der Waals surface area contributed by atoms with Crippen LogP contribution in [-0.2, 0) is 4.74 Å². The predicted molar refractivity (Wildman–Crippen MR) is 146 cm³/mol. The van der Waals surface area contributed by atoms with Crippen LogP contribution in [0.25, 0.3) is 10.4 Å². The summed E-state index contributed by atoms with van der Waals surface area (Å²) in [5.41, 5.74) is 1.35. The average Bonchev–Trinajstić information content (AvgIpc) is 3.41. The molecule has 10 heteroatoms. The summed E-state index contributed by atoms with van der Waals surface area (Å²) in [6.45, 7) is 5.76. The fourth-order valence-electron chi connectivity index (χ4n) is 3.98. The second-order valence-corrected chi connectivity index (χ2v) is 10.3. The number of ether oxygens (including phenoxy) is 2. The van der Waals surface area contributed by atoms with Crippen molar-refractivity contribution in [2.24, 2.45) is 0 Å². The summed E-state index contributed by atoms with van der Waals surface area (Å²) in [4.78, 5) is 44.9. The van der Waals surface area contributed by atoms with Gasteiger partial charge in [-0.15, -0.1) is 11.3 Å². The van der Waals surface area contributed by atoms with Crippen LogP contribution in [-0.4, -0.2) is 99.7 Å². The number of amides is 3. The van der Waals surface area contributed by atoms with E-state index in [1.807, 2.05) is 45.3 Å². The van der Waals surface area contributed by atoms with Gasteiger partial charge in [0.15, 0.2) is 0 Å². The molecule has 0 aliphatic carbocycles. The third-order valence-corrected chi connectivity index (χ3v) is 7.30. The quantitative estimate of drug-likeness (QED) is 0.445. The van der Waals surface area contributed by atoms with Crippen molar-refractivity contribution in [2.45, 2.75) is 26.2 Å². The zero-order valence-electron chi connectivity index (χ0n) is 22.2. The first-order valence-electron chi connectivity index (χ1n) is 12.8. The molecule has 1 aromatic heterocycles. The lowest BCUT2D eigenvalue weighted by Gasteiger charge is -2.34. The molecule has 2 aromatic rings. The molecule has 0 spiro atoms. The van der Waals surface area contributed by atoms with Crippen molar-refractivity contribution in [1.82, 2.24) is 20.0 Å². The van der Waals surface area contributed by atoms with E-state index in [1.165, 1.54) is 11.3 Å². The van der Waals surface area contributed by atoms with Crippen LogP contribution in [0, 0.1) is 0 Å². The summed E-state index contributed by atoms with van der Waals surface area (Å²) in [7, 11) is 5.56. The Hall–Kier alpha value is -3.11. The molecule has 0 bridgehead atoms. The standard InChI is InChI=1S/C27H38N4O5S/c1-5-6-18-36-27(34)31-16-14-30(15-17-31)26(33)21-9-8-20(19-22(21)35-4)23-10-11-24(37-23)25(32)28-12-7-13-29(2)3/h8-11,19H,5-7,12-18H2,1-4H3,(H,28,32). The number of nitrogens with zero attached hydrogens (tertiary/aromatic N) is 3. The molecule has 0 saturated carbocycles. The predicted octanol–water partition coefficient (Wildman–Crippen LogP) is 3.80. The molecular weight excluding hydrogens is 492 g/mol. The first kappa shape index (κ1) is 28.5. The van der Waals surface area contributed by atoms with Gasteiger partial charge in [0.1, 0.15) is 5.75 Å². The number of hydrogen-bond donors (Lipinski definition) is 1. The van der Waals surface area contributed by atoms with E-state index in [4.69, 9.17) is 9.47 Å². The van der Waals surface area contributed by atoms with Gasteiger partial charge in [0.2, 0.25) is 0 Å². The molecule has 0 unspecified atom stereocenters. The van der Waals surface area contributed by atoms with E-state index in [9.17, 15) is 14.4 Å². The first-order valence-corrected chi connectivity index (χ1v) is 13.6. The fourth-order valence-corrected chi connectivity index (χ4v) is 4.90. The minimum atomic E-state index is -0.319. The van der Waals surface area contributed by atoms with Gasteiger partial charge in [-0.2, -0.15) is 0 Å². The molecular formula is C27H38N4O5S. The molecule has 1 aromatic carbocycles. The van der Waals surface area contributed by atoms with E-state index in [-0.39, 0.29) is 17.9 Å². The van der Waals surface area contributed by atoms with Gasteiger partial charge in [0.25, 0.3) is 11.8 Å². The number of carbonyl (C=O) groups excluding carboxylic acids is 3. The number of nitrogens with one attached hydrogen (secondary N) is 1. The van der Waals surface area contributed by atoms with Crippen molar-refractivity contribution in [3.8, 4) is 16.2 Å². The van der Waals surface area contributed by atoms with Crippen molar-refractivity contribution >= 4 is 29.2 Å². The van der Waals surface area contributed by atoms with Gasteiger partial charge >= 0.3 is 6.09 Å². The number of hydrogen-bond acceptors (Lipinski definition) is 7. The van der Waals surface area contributed by atoms with Crippen LogP contribution in [0.15, 0.2) is 30.3 Å². The third kappa shape index (κ3) is 7.93. The number of thiophene rings is 1. The number of piperazine rings is 1. The summed E-state index contributed by atoms with van der Waals surface area (Å²) in [6, 6.07) is 9.21. The van der Waals surface area contributed by atoms with Gasteiger partial charge < -0.3 is 29.5 Å². The molecule has 1 aliphatic heterocycles. The molecule has 0 radical (unpaired) electrons. The zero-order chi connectivity index (χ0) is 26.8. The van der Waals surface area contributed by atoms with Gasteiger partial charge in [0.05, 0.1) is 24.2 Å². The first-order chi connectivity index (χ1) is 17.8. The highest BCUT2D eigenvalue weighted by Gasteiger charge is 2.27. The zero-order valence-corrected chi connectivity index (χ0v) is 23.1. The molecule has 202 valence electrons. The van der Waals surface area contributed by atoms with E-state index in [1.54, 1.807) is 23.0 Å². The molecule has 0 atom stereocenters. The summed E-state index contributed by atoms with van der Waals surface area (Å²) in [5.74, 6) is 0.264. The third-order valence-electron chi connectivity index (χ3n) is 6.16. The van der Waals surface area contributed by atoms with Crippen molar-refractivity contribution < 1.29 is 23.9 Å². The smallest absolute Gasteiger partial charge is 0.409 e. The number of rotatable bonds is 11. The Morgan fingerprint density at radius 2 is 1.76 bits per heavy atom. The second-order valence-electron chi connectivity index (χ2n) is 9.24. The van der Waals surface area contributed by atoms with E-state index in [0.29, 0.717) is 55.5 Å². The van der Waals surface area contributed by atoms with Gasteiger partial charge in [-0.05, 0) is 63.3 Å². The SMILES string of the molecule is CCCCOC(=O)N1CCN(C(=O)c2ccc(-c3ccc(C(=O)NCCCN(C)C)s3)cc2OC)CC1. The Bertz CT molecular complexity index is 1060.